The van der Waals surface area contributed by atoms with Crippen LogP contribution in [0.3, 0.4) is 0 Å². The molecule has 0 aliphatic carbocycles. The van der Waals surface area contributed by atoms with E-state index in [0.29, 0.717) is 28.4 Å². The Hall–Kier alpha value is -2.98. The summed E-state index contributed by atoms with van der Waals surface area (Å²) in [4.78, 5) is 7.72. The van der Waals surface area contributed by atoms with Crippen LogP contribution in [0.1, 0.15) is 11.1 Å². The van der Waals surface area contributed by atoms with Crippen molar-refractivity contribution in [1.29, 1.82) is 0 Å². The van der Waals surface area contributed by atoms with E-state index in [4.69, 9.17) is 22.3 Å². The molecular formula is C15H10N2O2. The smallest absolute Gasteiger partial charge is 0.164 e. The molecule has 1 aromatic carbocycles. The first-order chi connectivity index (χ1) is 9.28. The summed E-state index contributed by atoms with van der Waals surface area (Å²) < 4.78 is 10.8. The highest BCUT2D eigenvalue weighted by atomic mass is 16.5. The third-order valence-electron chi connectivity index (χ3n) is 2.38. The molecule has 1 aromatic heterocycles. The molecule has 2 aromatic rings. The molecule has 0 N–H and O–H groups in total. The average Bonchev–Trinajstić information content (AvgIpc) is 2.47. The Labute approximate surface area is 111 Å². The summed E-state index contributed by atoms with van der Waals surface area (Å²) in [5, 5.41) is 0. The van der Waals surface area contributed by atoms with Crippen LogP contribution in [0.4, 0.5) is 0 Å². The summed E-state index contributed by atoms with van der Waals surface area (Å²) in [6.07, 6.45) is 15.4. The highest BCUT2D eigenvalue weighted by molar-refractivity contribution is 5.58. The number of aromatic nitrogens is 2. The normalized spacial score (nSPS) is 9.21. The van der Waals surface area contributed by atoms with Crippen molar-refractivity contribution < 1.29 is 9.47 Å². The number of methoxy groups -OCH3 is 1. The molecule has 0 aliphatic rings. The molecule has 0 saturated carbocycles. The van der Waals surface area contributed by atoms with Gasteiger partial charge < -0.3 is 9.47 Å². The lowest BCUT2D eigenvalue weighted by molar-refractivity contribution is 0.411. The van der Waals surface area contributed by atoms with Crippen molar-refractivity contribution in [2.75, 3.05) is 7.11 Å². The van der Waals surface area contributed by atoms with Crippen molar-refractivity contribution in [3.8, 4) is 41.9 Å². The van der Waals surface area contributed by atoms with E-state index in [1.54, 1.807) is 12.1 Å². The van der Waals surface area contributed by atoms with Crippen LogP contribution in [0, 0.1) is 24.7 Å². The Bertz CT molecular complexity index is 667. The van der Waals surface area contributed by atoms with Gasteiger partial charge in [-0.1, -0.05) is 11.8 Å². The van der Waals surface area contributed by atoms with Crippen LogP contribution < -0.4 is 9.47 Å². The maximum absolute atomic E-state index is 5.62. The lowest BCUT2D eigenvalue weighted by atomic mass is 10.1. The van der Waals surface area contributed by atoms with Crippen LogP contribution in [-0.2, 0) is 0 Å². The zero-order valence-corrected chi connectivity index (χ0v) is 10.3. The van der Waals surface area contributed by atoms with Gasteiger partial charge in [-0.15, -0.1) is 12.8 Å². The van der Waals surface area contributed by atoms with Crippen molar-refractivity contribution in [2.45, 2.75) is 0 Å². The minimum absolute atomic E-state index is 0.464. The SMILES string of the molecule is C#Cc1cc(Oc2cncnc2)c(C#C)cc1OC. The summed E-state index contributed by atoms with van der Waals surface area (Å²) >= 11 is 0. The molecule has 4 nitrogen and oxygen atoms in total. The molecule has 0 bridgehead atoms. The van der Waals surface area contributed by atoms with Gasteiger partial charge in [0.25, 0.3) is 0 Å². The van der Waals surface area contributed by atoms with E-state index in [9.17, 15) is 0 Å². The molecule has 92 valence electrons. The summed E-state index contributed by atoms with van der Waals surface area (Å²) in [5.74, 6) is 6.52. The first kappa shape index (κ1) is 12.5. The van der Waals surface area contributed by atoms with Crippen LogP contribution in [0.25, 0.3) is 0 Å². The minimum Gasteiger partial charge on any atom is -0.495 e. The number of hydrogen-bond acceptors (Lipinski definition) is 4. The van der Waals surface area contributed by atoms with Gasteiger partial charge in [0.05, 0.1) is 30.6 Å². The Morgan fingerprint density at radius 1 is 1.00 bits per heavy atom. The van der Waals surface area contributed by atoms with E-state index >= 15 is 0 Å². The lowest BCUT2D eigenvalue weighted by Gasteiger charge is -2.10. The van der Waals surface area contributed by atoms with Gasteiger partial charge in [-0.25, -0.2) is 9.97 Å². The Kier molecular flexibility index (Phi) is 3.66. The van der Waals surface area contributed by atoms with E-state index in [2.05, 4.69) is 21.8 Å². The van der Waals surface area contributed by atoms with E-state index < -0.39 is 0 Å². The second kappa shape index (κ2) is 5.57. The largest absolute Gasteiger partial charge is 0.495 e. The molecule has 0 amide bonds. The third-order valence-corrected chi connectivity index (χ3v) is 2.38. The monoisotopic (exact) mass is 250 g/mol. The molecule has 0 unspecified atom stereocenters. The predicted octanol–water partition coefficient (Wildman–Crippen LogP) is 2.24. The molecule has 0 saturated heterocycles. The van der Waals surface area contributed by atoms with E-state index in [0.717, 1.165) is 0 Å². The zero-order valence-electron chi connectivity index (χ0n) is 10.3. The maximum atomic E-state index is 5.62. The lowest BCUT2D eigenvalue weighted by Crippen LogP contribution is -1.94. The Morgan fingerprint density at radius 2 is 1.58 bits per heavy atom. The van der Waals surface area contributed by atoms with Crippen LogP contribution in [0.5, 0.6) is 17.2 Å². The Morgan fingerprint density at radius 3 is 2.16 bits per heavy atom. The van der Waals surface area contributed by atoms with E-state index in [1.165, 1.54) is 25.8 Å². The number of rotatable bonds is 3. The van der Waals surface area contributed by atoms with E-state index in [-0.39, 0.29) is 0 Å². The molecule has 4 heteroatoms. The summed E-state index contributed by atoms with van der Waals surface area (Å²) in [6.45, 7) is 0. The van der Waals surface area contributed by atoms with Gasteiger partial charge in [-0.05, 0) is 0 Å². The summed E-state index contributed by atoms with van der Waals surface area (Å²) in [7, 11) is 1.53. The highest BCUT2D eigenvalue weighted by Gasteiger charge is 2.10. The summed E-state index contributed by atoms with van der Waals surface area (Å²) in [6, 6.07) is 3.31. The number of ether oxygens (including phenoxy) is 2. The van der Waals surface area contributed by atoms with Gasteiger partial charge in [-0.3, -0.25) is 0 Å². The highest BCUT2D eigenvalue weighted by Crippen LogP contribution is 2.30. The number of hydrogen-bond donors (Lipinski definition) is 0. The maximum Gasteiger partial charge on any atom is 0.164 e. The first-order valence-corrected chi connectivity index (χ1v) is 5.36. The van der Waals surface area contributed by atoms with Crippen molar-refractivity contribution in [2.24, 2.45) is 0 Å². The van der Waals surface area contributed by atoms with Gasteiger partial charge in [0, 0.05) is 12.1 Å². The van der Waals surface area contributed by atoms with Gasteiger partial charge in [0.15, 0.2) is 5.75 Å². The molecule has 0 fully saturated rings. The number of terminal acetylenes is 2. The van der Waals surface area contributed by atoms with Gasteiger partial charge in [-0.2, -0.15) is 0 Å². The quantitative estimate of drug-likeness (QED) is 0.784. The molecular weight excluding hydrogens is 240 g/mol. The second-order valence-corrected chi connectivity index (χ2v) is 3.51. The predicted molar refractivity (Wildman–Crippen MR) is 71.0 cm³/mol. The molecule has 0 spiro atoms. The number of benzene rings is 1. The topological polar surface area (TPSA) is 44.2 Å². The molecule has 19 heavy (non-hydrogen) atoms. The van der Waals surface area contributed by atoms with Crippen LogP contribution in [-0.4, -0.2) is 17.1 Å². The Balaban J connectivity index is 2.46. The fourth-order valence-electron chi connectivity index (χ4n) is 1.50. The van der Waals surface area contributed by atoms with E-state index in [1.807, 2.05) is 0 Å². The standard InChI is InChI=1S/C15H10N2O2/c1-4-11-7-15(12(5-2)6-14(11)18-3)19-13-8-16-10-17-9-13/h1-2,6-10H,3H3. The van der Waals surface area contributed by atoms with Gasteiger partial charge in [0.2, 0.25) is 0 Å². The molecule has 0 radical (unpaired) electrons. The third kappa shape index (κ3) is 2.65. The van der Waals surface area contributed by atoms with Crippen LogP contribution in [0.2, 0.25) is 0 Å². The average molecular weight is 250 g/mol. The minimum atomic E-state index is 0.464. The van der Waals surface area contributed by atoms with Crippen molar-refractivity contribution in [1.82, 2.24) is 9.97 Å². The fraction of sp³-hybridized carbons (Fsp3) is 0.0667. The molecule has 1 heterocycles. The molecule has 0 atom stereocenters. The first-order valence-electron chi connectivity index (χ1n) is 5.36. The summed E-state index contributed by atoms with van der Waals surface area (Å²) in [5.41, 5.74) is 1.10. The van der Waals surface area contributed by atoms with Crippen molar-refractivity contribution in [3.63, 3.8) is 0 Å². The molecule has 2 rings (SSSR count). The fourth-order valence-corrected chi connectivity index (χ4v) is 1.50. The van der Waals surface area contributed by atoms with Crippen LogP contribution in [0.15, 0.2) is 30.9 Å². The van der Waals surface area contributed by atoms with Crippen molar-refractivity contribution >= 4 is 0 Å². The van der Waals surface area contributed by atoms with Crippen LogP contribution >= 0.6 is 0 Å². The molecule has 0 aliphatic heterocycles. The van der Waals surface area contributed by atoms with Crippen molar-refractivity contribution in [3.05, 3.63) is 42.0 Å². The number of nitrogens with zero attached hydrogens (tertiary/aromatic N) is 2. The zero-order chi connectivity index (χ0) is 13.7. The van der Waals surface area contributed by atoms with Gasteiger partial charge >= 0.3 is 0 Å². The van der Waals surface area contributed by atoms with Gasteiger partial charge in [0.1, 0.15) is 17.8 Å². The second-order valence-electron chi connectivity index (χ2n) is 3.51.